The fourth-order valence-corrected chi connectivity index (χ4v) is 1.09. The minimum Gasteiger partial charge on any atom is -0.300 e. The van der Waals surface area contributed by atoms with E-state index in [-0.39, 0.29) is 5.69 Å². The van der Waals surface area contributed by atoms with Crippen LogP contribution >= 0.6 is 11.6 Å². The largest absolute Gasteiger partial charge is 0.329 e. The number of anilines is 1. The summed E-state index contributed by atoms with van der Waals surface area (Å²) in [4.78, 5) is 11.8. The summed E-state index contributed by atoms with van der Waals surface area (Å²) >= 11 is 5.62. The third-order valence-corrected chi connectivity index (χ3v) is 1.90. The Kier molecular flexibility index (Phi) is 3.05. The van der Waals surface area contributed by atoms with Crippen molar-refractivity contribution in [2.24, 2.45) is 0 Å². The van der Waals surface area contributed by atoms with Gasteiger partial charge in [-0.1, -0.05) is 11.6 Å². The molecule has 0 bridgehead atoms. The van der Waals surface area contributed by atoms with Crippen LogP contribution in [-0.4, -0.2) is 13.0 Å². The molecule has 72 valence electrons. The second kappa shape index (κ2) is 4.07. The predicted octanol–water partition coefficient (Wildman–Crippen LogP) is 1.97. The predicted molar refractivity (Wildman–Crippen MR) is 50.4 cm³/mol. The van der Waals surface area contributed by atoms with Gasteiger partial charge in [-0.05, 0) is 18.2 Å². The van der Waals surface area contributed by atoms with Crippen molar-refractivity contribution in [2.45, 2.75) is 0 Å². The van der Waals surface area contributed by atoms with Crippen LogP contribution in [0.3, 0.4) is 0 Å². The van der Waals surface area contributed by atoms with E-state index in [2.05, 4.69) is 0 Å². The zero-order valence-electron chi connectivity index (χ0n) is 7.29. The van der Waals surface area contributed by atoms with Crippen molar-refractivity contribution in [2.75, 3.05) is 11.9 Å². The molecule has 0 heterocycles. The lowest BCUT2D eigenvalue weighted by Crippen LogP contribution is -2.25. The molecule has 0 unspecified atom stereocenters. The average Bonchev–Trinajstić information content (AvgIpc) is 2.19. The molecule has 3 nitrogen and oxygen atoms in total. The molecule has 1 aromatic rings. The second-order valence-electron chi connectivity index (χ2n) is 2.57. The summed E-state index contributed by atoms with van der Waals surface area (Å²) in [6, 6.07) is 5.17. The summed E-state index contributed by atoms with van der Waals surface area (Å²) < 4.78 is 13.2. The Bertz CT molecular complexity index is 414. The van der Waals surface area contributed by atoms with Crippen LogP contribution in [0.15, 0.2) is 18.2 Å². The smallest absolute Gasteiger partial charge is 0.300 e. The van der Waals surface area contributed by atoms with Crippen LogP contribution in [0.5, 0.6) is 0 Å². The van der Waals surface area contributed by atoms with Crippen molar-refractivity contribution in [1.29, 1.82) is 5.26 Å². The van der Waals surface area contributed by atoms with E-state index < -0.39 is 11.7 Å². The highest BCUT2D eigenvalue weighted by Gasteiger charge is 2.14. The number of carbonyl (C=O) groups excluding carboxylic acids is 1. The topological polar surface area (TPSA) is 44.1 Å². The molecule has 0 spiro atoms. The van der Waals surface area contributed by atoms with Gasteiger partial charge in [0.15, 0.2) is 6.07 Å². The molecule has 0 aromatic heterocycles. The van der Waals surface area contributed by atoms with E-state index in [0.29, 0.717) is 5.02 Å². The number of nitriles is 1. The first-order valence-corrected chi connectivity index (χ1v) is 4.07. The van der Waals surface area contributed by atoms with Gasteiger partial charge in [-0.25, -0.2) is 4.39 Å². The number of hydrogen-bond acceptors (Lipinski definition) is 2. The lowest BCUT2D eigenvalue weighted by molar-refractivity contribution is -0.113. The molecule has 0 atom stereocenters. The molecule has 0 radical (unpaired) electrons. The van der Waals surface area contributed by atoms with Gasteiger partial charge in [-0.2, -0.15) is 5.26 Å². The van der Waals surface area contributed by atoms with Gasteiger partial charge >= 0.3 is 5.91 Å². The zero-order chi connectivity index (χ0) is 10.7. The van der Waals surface area contributed by atoms with Crippen LogP contribution in [0.4, 0.5) is 10.1 Å². The number of hydrogen-bond donors (Lipinski definition) is 0. The van der Waals surface area contributed by atoms with Gasteiger partial charge in [0.05, 0.1) is 5.69 Å². The highest BCUT2D eigenvalue weighted by molar-refractivity contribution is 6.31. The fourth-order valence-electron chi connectivity index (χ4n) is 0.927. The van der Waals surface area contributed by atoms with Gasteiger partial charge in [0.1, 0.15) is 5.82 Å². The fraction of sp³-hybridized carbons (Fsp3) is 0.111. The Hall–Kier alpha value is -1.60. The van der Waals surface area contributed by atoms with E-state index in [4.69, 9.17) is 16.9 Å². The second-order valence-corrected chi connectivity index (χ2v) is 3.01. The molecular formula is C9H6ClFN2O. The Morgan fingerprint density at radius 2 is 2.29 bits per heavy atom. The molecule has 0 saturated carbocycles. The average molecular weight is 213 g/mol. The van der Waals surface area contributed by atoms with Crippen LogP contribution in [-0.2, 0) is 4.79 Å². The SMILES string of the molecule is CN(C(=O)C#N)c1cc(Cl)ccc1F. The summed E-state index contributed by atoms with van der Waals surface area (Å²) in [6.45, 7) is 0. The van der Waals surface area contributed by atoms with Gasteiger partial charge in [0.25, 0.3) is 0 Å². The summed E-state index contributed by atoms with van der Waals surface area (Å²) in [5, 5.41) is 8.63. The van der Waals surface area contributed by atoms with E-state index in [9.17, 15) is 9.18 Å². The highest BCUT2D eigenvalue weighted by atomic mass is 35.5. The molecule has 1 rings (SSSR count). The van der Waals surface area contributed by atoms with Crippen LogP contribution in [0.25, 0.3) is 0 Å². The van der Waals surface area contributed by atoms with E-state index >= 15 is 0 Å². The number of benzene rings is 1. The summed E-state index contributed by atoms with van der Waals surface area (Å²) in [5.74, 6) is -1.44. The Labute approximate surface area is 85.3 Å². The number of rotatable bonds is 1. The first-order chi connectivity index (χ1) is 6.56. The standard InChI is InChI=1S/C9H6ClFN2O/c1-13(9(14)5-12)8-4-6(10)2-3-7(8)11/h2-4H,1H3. The maximum absolute atomic E-state index is 13.2. The van der Waals surface area contributed by atoms with E-state index in [0.717, 1.165) is 11.0 Å². The van der Waals surface area contributed by atoms with E-state index in [1.54, 1.807) is 0 Å². The Balaban J connectivity index is 3.13. The molecule has 1 aromatic carbocycles. The van der Waals surface area contributed by atoms with Crippen LogP contribution < -0.4 is 4.90 Å². The normalized spacial score (nSPS) is 9.29. The van der Waals surface area contributed by atoms with Gasteiger partial charge in [0.2, 0.25) is 0 Å². The van der Waals surface area contributed by atoms with Gasteiger partial charge in [-0.3, -0.25) is 4.79 Å². The maximum atomic E-state index is 13.2. The van der Waals surface area contributed by atoms with Crippen LogP contribution in [0.2, 0.25) is 5.02 Å². The minimum atomic E-state index is -0.842. The number of halogens is 2. The lowest BCUT2D eigenvalue weighted by Gasteiger charge is -2.13. The zero-order valence-corrected chi connectivity index (χ0v) is 8.05. The summed E-state index contributed by atoms with van der Waals surface area (Å²) in [6.07, 6.45) is 0. The maximum Gasteiger partial charge on any atom is 0.329 e. The first-order valence-electron chi connectivity index (χ1n) is 3.69. The number of amides is 1. The molecular weight excluding hydrogens is 207 g/mol. The van der Waals surface area contributed by atoms with Crippen molar-refractivity contribution < 1.29 is 9.18 Å². The van der Waals surface area contributed by atoms with Crippen molar-refractivity contribution in [3.05, 3.63) is 29.0 Å². The van der Waals surface area contributed by atoms with Gasteiger partial charge in [0, 0.05) is 12.1 Å². The van der Waals surface area contributed by atoms with Crippen molar-refractivity contribution in [3.8, 4) is 6.07 Å². The molecule has 0 aliphatic carbocycles. The number of carbonyl (C=O) groups is 1. The van der Waals surface area contributed by atoms with Crippen LogP contribution in [0, 0.1) is 17.1 Å². The molecule has 1 amide bonds. The van der Waals surface area contributed by atoms with E-state index in [1.165, 1.54) is 25.2 Å². The van der Waals surface area contributed by atoms with E-state index in [1.807, 2.05) is 0 Å². The molecule has 14 heavy (non-hydrogen) atoms. The quantitative estimate of drug-likeness (QED) is 0.668. The van der Waals surface area contributed by atoms with Gasteiger partial charge < -0.3 is 4.90 Å². The molecule has 0 N–H and O–H groups in total. The molecule has 0 aliphatic rings. The highest BCUT2D eigenvalue weighted by Crippen LogP contribution is 2.22. The minimum absolute atomic E-state index is 0.0101. The summed E-state index contributed by atoms with van der Waals surface area (Å²) in [7, 11) is 1.31. The van der Waals surface area contributed by atoms with Crippen molar-refractivity contribution in [1.82, 2.24) is 0 Å². The van der Waals surface area contributed by atoms with Gasteiger partial charge in [-0.15, -0.1) is 0 Å². The van der Waals surface area contributed by atoms with Crippen molar-refractivity contribution in [3.63, 3.8) is 0 Å². The molecule has 5 heteroatoms. The summed E-state index contributed by atoms with van der Waals surface area (Å²) in [5.41, 5.74) is -0.0101. The third kappa shape index (κ3) is 2.01. The molecule has 0 fully saturated rings. The number of nitrogens with zero attached hydrogens (tertiary/aromatic N) is 2. The third-order valence-electron chi connectivity index (χ3n) is 1.67. The lowest BCUT2D eigenvalue weighted by atomic mass is 10.3. The molecule has 0 saturated heterocycles. The van der Waals surface area contributed by atoms with Crippen molar-refractivity contribution >= 4 is 23.2 Å². The Morgan fingerprint density at radius 1 is 1.64 bits per heavy atom. The first kappa shape index (κ1) is 10.5. The van der Waals surface area contributed by atoms with Crippen LogP contribution in [0.1, 0.15) is 0 Å². The molecule has 0 aliphatic heterocycles. The Morgan fingerprint density at radius 3 is 2.86 bits per heavy atom. The monoisotopic (exact) mass is 212 g/mol.